The van der Waals surface area contributed by atoms with Crippen molar-refractivity contribution in [2.24, 2.45) is 7.05 Å². The number of benzene rings is 2. The molecule has 26 heavy (non-hydrogen) atoms. The average molecular weight is 393 g/mol. The van der Waals surface area contributed by atoms with Crippen molar-refractivity contribution in [3.05, 3.63) is 53.2 Å². The molecular formula is C17H15ClN3O4S+. The van der Waals surface area contributed by atoms with Crippen molar-refractivity contribution in [1.82, 2.24) is 4.57 Å². The highest BCUT2D eigenvalue weighted by molar-refractivity contribution is 7.91. The lowest BCUT2D eigenvalue weighted by atomic mass is 10.1. The van der Waals surface area contributed by atoms with Crippen LogP contribution in [0.3, 0.4) is 0 Å². The summed E-state index contributed by atoms with van der Waals surface area (Å²) in [4.78, 5) is 12.2. The maximum Gasteiger partial charge on any atom is 0.349 e. The zero-order valence-corrected chi connectivity index (χ0v) is 15.2. The Morgan fingerprint density at radius 3 is 2.77 bits per heavy atom. The number of quaternary nitrogens is 1. The maximum atomic E-state index is 13.2. The van der Waals surface area contributed by atoms with Crippen LogP contribution in [0.25, 0.3) is 10.9 Å². The zero-order valence-electron chi connectivity index (χ0n) is 13.6. The van der Waals surface area contributed by atoms with Gasteiger partial charge in [0.25, 0.3) is 6.35 Å². The molecule has 2 aromatic carbocycles. The molecule has 0 fully saturated rings. The van der Waals surface area contributed by atoms with Crippen LogP contribution in [0.4, 0.5) is 5.69 Å². The first-order chi connectivity index (χ1) is 12.3. The summed E-state index contributed by atoms with van der Waals surface area (Å²) in [7, 11) is -2.06. The number of nitrogens with zero attached hydrogens (tertiary/aromatic N) is 1. The molecule has 1 amide bonds. The lowest BCUT2D eigenvalue weighted by Crippen LogP contribution is -2.96. The van der Waals surface area contributed by atoms with Gasteiger partial charge in [0, 0.05) is 24.1 Å². The van der Waals surface area contributed by atoms with Crippen molar-refractivity contribution in [2.45, 2.75) is 16.1 Å². The van der Waals surface area contributed by atoms with Crippen LogP contribution in [0.2, 0.25) is 5.02 Å². The summed E-state index contributed by atoms with van der Waals surface area (Å²) >= 11 is 6.07. The second-order valence-electron chi connectivity index (χ2n) is 6.07. The van der Waals surface area contributed by atoms with Gasteiger partial charge in [0.1, 0.15) is 5.56 Å². The lowest BCUT2D eigenvalue weighted by Gasteiger charge is -2.22. The number of aliphatic hydroxyl groups is 1. The molecule has 1 atom stereocenters. The molecule has 4 rings (SSSR count). The van der Waals surface area contributed by atoms with Gasteiger partial charge < -0.3 is 15.0 Å². The number of rotatable bonds is 2. The highest BCUT2D eigenvalue weighted by Crippen LogP contribution is 2.36. The number of hydrogen-bond acceptors (Lipinski definition) is 5. The number of amides is 1. The number of fused-ring (bicyclic) bond motifs is 2. The van der Waals surface area contributed by atoms with Crippen LogP contribution in [0.15, 0.2) is 52.4 Å². The normalized spacial score (nSPS) is 17.2. The van der Waals surface area contributed by atoms with E-state index in [1.807, 2.05) is 23.9 Å². The van der Waals surface area contributed by atoms with Crippen molar-refractivity contribution >= 4 is 43.9 Å². The number of aliphatic hydroxyl groups excluding tert-OH is 1. The number of aromatic nitrogens is 1. The quantitative estimate of drug-likeness (QED) is 0.605. The van der Waals surface area contributed by atoms with Crippen LogP contribution in [-0.2, 0) is 16.9 Å². The highest BCUT2D eigenvalue weighted by Gasteiger charge is 2.35. The van der Waals surface area contributed by atoms with E-state index in [0.29, 0.717) is 0 Å². The first-order valence-corrected chi connectivity index (χ1v) is 9.61. The minimum absolute atomic E-state index is 0.0191. The van der Waals surface area contributed by atoms with Gasteiger partial charge in [-0.3, -0.25) is 0 Å². The Hall–Kier alpha value is -2.39. The predicted molar refractivity (Wildman–Crippen MR) is 95.7 cm³/mol. The molecule has 3 aromatic rings. The first kappa shape index (κ1) is 17.0. The summed E-state index contributed by atoms with van der Waals surface area (Å²) in [5.74, 6) is -0.521. The standard InChI is InChI=1S/C17H14ClN3O4S/c1-21-7-6-9-8-10(2-4-12(9)21)26(24,25)13-5-3-11(18)14-15(13)19-17(23)20-16(14)22/h2-8,17,19,23H,1H3,(H,20,22)/p+1. The first-order valence-electron chi connectivity index (χ1n) is 7.75. The average Bonchev–Trinajstić information content (AvgIpc) is 2.95. The van der Waals surface area contributed by atoms with E-state index >= 15 is 0 Å². The third kappa shape index (κ3) is 2.50. The Labute approximate surface area is 154 Å². The molecule has 2 heterocycles. The summed E-state index contributed by atoms with van der Waals surface area (Å²) in [6.07, 6.45) is 0.566. The third-order valence-corrected chi connectivity index (χ3v) is 6.53. The molecule has 0 radical (unpaired) electrons. The zero-order chi connectivity index (χ0) is 18.6. The number of aryl methyl sites for hydroxylation is 1. The van der Waals surface area contributed by atoms with Crippen molar-refractivity contribution in [3.63, 3.8) is 0 Å². The number of sulfone groups is 1. The van der Waals surface area contributed by atoms with Gasteiger partial charge in [0.15, 0.2) is 0 Å². The number of carbonyl (C=O) groups is 1. The van der Waals surface area contributed by atoms with Gasteiger partial charge in [0.2, 0.25) is 9.84 Å². The molecule has 0 saturated carbocycles. The second-order valence-corrected chi connectivity index (χ2v) is 8.39. The van der Waals surface area contributed by atoms with E-state index in [9.17, 15) is 18.3 Å². The minimum Gasteiger partial charge on any atom is -0.351 e. The van der Waals surface area contributed by atoms with Crippen LogP contribution in [0.5, 0.6) is 0 Å². The van der Waals surface area contributed by atoms with Crippen LogP contribution < -0.4 is 10.6 Å². The number of nitrogens with one attached hydrogen (secondary N) is 1. The molecule has 1 aliphatic heterocycles. The molecular weight excluding hydrogens is 378 g/mol. The summed E-state index contributed by atoms with van der Waals surface area (Å²) in [5.41, 5.74) is 0.963. The second kappa shape index (κ2) is 5.82. The molecule has 0 saturated heterocycles. The summed E-state index contributed by atoms with van der Waals surface area (Å²) in [6.45, 7) is 0. The lowest BCUT2D eigenvalue weighted by molar-refractivity contribution is -0.630. The summed E-state index contributed by atoms with van der Waals surface area (Å²) in [6, 6.07) is 9.37. The van der Waals surface area contributed by atoms with E-state index in [0.717, 1.165) is 16.2 Å². The van der Waals surface area contributed by atoms with Gasteiger partial charge in [-0.05, 0) is 36.4 Å². The van der Waals surface area contributed by atoms with Gasteiger partial charge in [-0.25, -0.2) is 18.5 Å². The van der Waals surface area contributed by atoms with E-state index in [1.54, 1.807) is 12.1 Å². The summed E-state index contributed by atoms with van der Waals surface area (Å²) in [5, 5.41) is 14.4. The molecule has 1 aromatic heterocycles. The smallest absolute Gasteiger partial charge is 0.349 e. The SMILES string of the molecule is Cn1ccc2cc(S(=O)(=O)c3ccc(Cl)c4c3NC(O)[NH2+]C4=O)ccc21. The fraction of sp³-hybridized carbons (Fsp3) is 0.118. The van der Waals surface area contributed by atoms with Gasteiger partial charge in [-0.2, -0.15) is 0 Å². The fourth-order valence-electron chi connectivity index (χ4n) is 3.14. The number of anilines is 1. The number of carbonyl (C=O) groups excluding carboxylic acids is 1. The molecule has 7 nitrogen and oxygen atoms in total. The molecule has 1 unspecified atom stereocenters. The number of hydrogen-bond donors (Lipinski definition) is 3. The molecule has 1 aliphatic rings. The van der Waals surface area contributed by atoms with Gasteiger partial charge in [-0.15, -0.1) is 0 Å². The maximum absolute atomic E-state index is 13.2. The van der Waals surface area contributed by atoms with Crippen LogP contribution in [-0.4, -0.2) is 30.4 Å². The third-order valence-electron chi connectivity index (χ3n) is 4.42. The molecule has 0 spiro atoms. The van der Waals surface area contributed by atoms with Crippen LogP contribution >= 0.6 is 11.6 Å². The Kier molecular flexibility index (Phi) is 3.81. The van der Waals surface area contributed by atoms with Crippen LogP contribution in [0, 0.1) is 0 Å². The Morgan fingerprint density at radius 1 is 1.23 bits per heavy atom. The number of nitrogens with two attached hydrogens (primary N) is 1. The Balaban J connectivity index is 1.93. The number of halogens is 1. The van der Waals surface area contributed by atoms with Crippen LogP contribution in [0.1, 0.15) is 10.4 Å². The minimum atomic E-state index is -3.93. The predicted octanol–water partition coefficient (Wildman–Crippen LogP) is 1.07. The monoisotopic (exact) mass is 392 g/mol. The fourth-order valence-corrected chi connectivity index (χ4v) is 4.85. The van der Waals surface area contributed by atoms with E-state index in [4.69, 9.17) is 11.6 Å². The van der Waals surface area contributed by atoms with Gasteiger partial charge in [-0.1, -0.05) is 11.6 Å². The van der Waals surface area contributed by atoms with E-state index in [1.165, 1.54) is 18.2 Å². The molecule has 0 bridgehead atoms. The van der Waals surface area contributed by atoms with E-state index in [-0.39, 0.29) is 26.1 Å². The largest absolute Gasteiger partial charge is 0.351 e. The van der Waals surface area contributed by atoms with E-state index < -0.39 is 22.1 Å². The molecule has 134 valence electrons. The van der Waals surface area contributed by atoms with Crippen molar-refractivity contribution in [1.29, 1.82) is 0 Å². The number of primary amides is 1. The van der Waals surface area contributed by atoms with Gasteiger partial charge in [0.05, 0.1) is 20.5 Å². The molecule has 4 N–H and O–H groups in total. The molecule has 0 aliphatic carbocycles. The van der Waals surface area contributed by atoms with Crippen molar-refractivity contribution in [2.75, 3.05) is 5.32 Å². The van der Waals surface area contributed by atoms with E-state index in [2.05, 4.69) is 5.32 Å². The summed E-state index contributed by atoms with van der Waals surface area (Å²) < 4.78 is 28.3. The Morgan fingerprint density at radius 2 is 2.00 bits per heavy atom. The Bertz CT molecular complexity index is 1170. The van der Waals surface area contributed by atoms with Crippen molar-refractivity contribution < 1.29 is 23.6 Å². The van der Waals surface area contributed by atoms with Gasteiger partial charge >= 0.3 is 5.91 Å². The van der Waals surface area contributed by atoms with Crippen molar-refractivity contribution in [3.8, 4) is 0 Å². The topological polar surface area (TPSA) is 105 Å². The molecule has 9 heteroatoms. The highest BCUT2D eigenvalue weighted by atomic mass is 35.5.